The summed E-state index contributed by atoms with van der Waals surface area (Å²) in [7, 11) is -12.7. The van der Waals surface area contributed by atoms with Gasteiger partial charge >= 0.3 is 11.9 Å². The van der Waals surface area contributed by atoms with Gasteiger partial charge in [0, 0.05) is 12.8 Å². The Morgan fingerprint density at radius 3 is 1.22 bits per heavy atom. The Hall–Kier alpha value is -1.22. The molecule has 466 valence electrons. The second kappa shape index (κ2) is 38.7. The van der Waals surface area contributed by atoms with E-state index in [-0.39, 0.29) is 47.1 Å². The molecule has 1 saturated heterocycles. The molecule has 1 N–H and O–H groups in total. The van der Waals surface area contributed by atoms with Gasteiger partial charge in [-0.15, -0.1) is 0 Å². The normalized spacial score (nSPS) is 19.6. The fraction of sp³-hybridized carbons (Fsp3) is 0.905. The quantitative estimate of drug-likeness (QED) is 0.0203. The van der Waals surface area contributed by atoms with Crippen LogP contribution < -0.4 is 0 Å². The maximum atomic E-state index is 13.6. The van der Waals surface area contributed by atoms with Crippen LogP contribution in [0.4, 0.5) is 0 Å². The zero-order valence-electron chi connectivity index (χ0n) is 54.0. The second-order valence-corrected chi connectivity index (χ2v) is 43.4. The van der Waals surface area contributed by atoms with Crippen LogP contribution in [0.1, 0.15) is 256 Å². The van der Waals surface area contributed by atoms with Crippen molar-refractivity contribution in [3.63, 3.8) is 0 Å². The van der Waals surface area contributed by atoms with Crippen LogP contribution in [0, 0.1) is 0 Å². The SMILES string of the molecule is CCCCCCCC/C=C\CCCCCCCC(=O)OCC(CO[C@H]1O[C@H](CS(=O)(=O)O)[C@@H](O[Si](C)(C)C(C)(C)C)[C@H](O[Si](C)(C)C(C)(C)C)[C@H]1O[Si](C)(C)C(C)(C)C)OC(=O)CCCCCCC/C=C\CCCCCCCC. The van der Waals surface area contributed by atoms with E-state index in [2.05, 4.69) is 140 Å². The van der Waals surface area contributed by atoms with Crippen LogP contribution in [0.25, 0.3) is 0 Å². The molecule has 0 saturated carbocycles. The summed E-state index contributed by atoms with van der Waals surface area (Å²) in [6, 6.07) is 0. The van der Waals surface area contributed by atoms with E-state index in [4.69, 9.17) is 32.2 Å². The van der Waals surface area contributed by atoms with Gasteiger partial charge in [-0.3, -0.25) is 14.1 Å². The predicted molar refractivity (Wildman–Crippen MR) is 337 cm³/mol. The summed E-state index contributed by atoms with van der Waals surface area (Å²) < 4.78 is 83.6. The Bertz CT molecular complexity index is 1800. The number of hydrogen-bond donors (Lipinski definition) is 1. The number of esters is 2. The highest BCUT2D eigenvalue weighted by molar-refractivity contribution is 7.85. The molecule has 79 heavy (non-hydrogen) atoms. The molecule has 16 heteroatoms. The lowest BCUT2D eigenvalue weighted by molar-refractivity contribution is -0.288. The Labute approximate surface area is 489 Å². The molecule has 1 heterocycles. The van der Waals surface area contributed by atoms with E-state index in [1.807, 2.05) is 0 Å². The summed E-state index contributed by atoms with van der Waals surface area (Å²) >= 11 is 0. The molecule has 1 aliphatic heterocycles. The first-order valence-electron chi connectivity index (χ1n) is 31.7. The van der Waals surface area contributed by atoms with Crippen LogP contribution in [-0.4, -0.2) is 106 Å². The first-order valence-corrected chi connectivity index (χ1v) is 42.0. The van der Waals surface area contributed by atoms with Gasteiger partial charge in [-0.1, -0.05) is 203 Å². The minimum Gasteiger partial charge on any atom is -0.462 e. The second-order valence-electron chi connectivity index (χ2n) is 27.6. The van der Waals surface area contributed by atoms with Gasteiger partial charge < -0.3 is 32.2 Å². The van der Waals surface area contributed by atoms with Crippen molar-refractivity contribution < 1.29 is 54.8 Å². The molecule has 0 spiro atoms. The van der Waals surface area contributed by atoms with E-state index in [0.29, 0.717) is 12.8 Å². The van der Waals surface area contributed by atoms with Gasteiger partial charge in [-0.2, -0.15) is 8.42 Å². The topological polar surface area (TPSA) is 153 Å². The number of carbonyl (C=O) groups is 2. The Morgan fingerprint density at radius 2 is 0.835 bits per heavy atom. The standard InChI is InChI=1S/C63H124O12SSi3/c1-18-20-22-24-26-28-30-32-34-36-38-40-42-44-46-48-55(64)69-50-53(71-56(65)49-47-45-43-41-39-37-35-33-31-29-27-25-23-21-19-2)51-70-60-59(75-79(16,17)63(9,10)11)58(74-78(14,15)62(6,7)8)57(54(72-60)52-76(66,67)68)73-77(12,13)61(3,4)5/h32-35,53-54,57-60H,18-31,36-52H2,1-17H3,(H,66,67,68)/b34-32-,35-33-/t53?,54-,57-,58+,59-,60+/m1/s1. The van der Waals surface area contributed by atoms with E-state index in [1.165, 1.54) is 77.0 Å². The summed E-state index contributed by atoms with van der Waals surface area (Å²) in [4.78, 5) is 26.9. The van der Waals surface area contributed by atoms with Gasteiger partial charge in [-0.05, 0) is 119 Å². The number of carbonyl (C=O) groups excluding carboxylic acids is 2. The summed E-state index contributed by atoms with van der Waals surface area (Å²) in [5.74, 6) is -1.55. The molecule has 1 unspecified atom stereocenters. The molecule has 1 rings (SSSR count). The van der Waals surface area contributed by atoms with Crippen molar-refractivity contribution in [1.29, 1.82) is 0 Å². The number of ether oxygens (including phenoxy) is 4. The van der Waals surface area contributed by atoms with Gasteiger partial charge in [0.15, 0.2) is 37.3 Å². The number of unbranched alkanes of at least 4 members (excludes halogenated alkanes) is 22. The van der Waals surface area contributed by atoms with Gasteiger partial charge in [0.25, 0.3) is 10.1 Å². The highest BCUT2D eigenvalue weighted by Gasteiger charge is 2.57. The minimum atomic E-state index is -4.61. The van der Waals surface area contributed by atoms with Crippen LogP contribution in [0.15, 0.2) is 24.3 Å². The average molecular weight is 1190 g/mol. The van der Waals surface area contributed by atoms with Crippen molar-refractivity contribution in [1.82, 2.24) is 0 Å². The summed E-state index contributed by atoms with van der Waals surface area (Å²) in [5.41, 5.74) is 0. The first-order chi connectivity index (χ1) is 36.8. The lowest BCUT2D eigenvalue weighted by Gasteiger charge is -2.54. The molecule has 0 aliphatic carbocycles. The largest absolute Gasteiger partial charge is 0.462 e. The van der Waals surface area contributed by atoms with Crippen LogP contribution in [0.3, 0.4) is 0 Å². The highest BCUT2D eigenvalue weighted by atomic mass is 32.2. The minimum absolute atomic E-state index is 0.208. The maximum Gasteiger partial charge on any atom is 0.306 e. The molecular weight excluding hydrogens is 1070 g/mol. The van der Waals surface area contributed by atoms with Gasteiger partial charge in [0.2, 0.25) is 0 Å². The number of hydrogen-bond acceptors (Lipinski definition) is 11. The lowest BCUT2D eigenvalue weighted by atomic mass is 10.00. The Kier molecular flexibility index (Phi) is 37.1. The summed E-state index contributed by atoms with van der Waals surface area (Å²) in [5, 5.41) is -0.802. The van der Waals surface area contributed by atoms with Crippen molar-refractivity contribution in [2.45, 2.75) is 347 Å². The molecule has 12 nitrogen and oxygen atoms in total. The van der Waals surface area contributed by atoms with E-state index >= 15 is 0 Å². The molecular formula is C63H124O12SSi3. The van der Waals surface area contributed by atoms with E-state index in [1.54, 1.807) is 0 Å². The van der Waals surface area contributed by atoms with E-state index in [9.17, 15) is 22.6 Å². The van der Waals surface area contributed by atoms with Crippen molar-refractivity contribution in [2.75, 3.05) is 19.0 Å². The fourth-order valence-electron chi connectivity index (χ4n) is 8.81. The third-order valence-corrected chi connectivity index (χ3v) is 31.3. The summed E-state index contributed by atoms with van der Waals surface area (Å²) in [6.45, 7) is 36.0. The smallest absolute Gasteiger partial charge is 0.306 e. The highest BCUT2D eigenvalue weighted by Crippen LogP contribution is 2.46. The molecule has 0 aromatic rings. The predicted octanol–water partition coefficient (Wildman–Crippen LogP) is 18.3. The van der Waals surface area contributed by atoms with Crippen LogP contribution >= 0.6 is 0 Å². The molecule has 0 bridgehead atoms. The summed E-state index contributed by atoms with van der Waals surface area (Å²) in [6.07, 6.45) is 33.5. The fourth-order valence-corrected chi connectivity index (χ4v) is 13.4. The molecule has 1 fully saturated rings. The van der Waals surface area contributed by atoms with Gasteiger partial charge in [0.1, 0.15) is 36.8 Å². The third kappa shape index (κ3) is 33.2. The number of allylic oxidation sites excluding steroid dienone is 4. The Balaban J connectivity index is 3.35. The molecule has 1 aliphatic rings. The van der Waals surface area contributed by atoms with Crippen LogP contribution in [0.2, 0.25) is 54.4 Å². The maximum absolute atomic E-state index is 13.6. The molecule has 0 radical (unpaired) electrons. The van der Waals surface area contributed by atoms with Gasteiger partial charge in [0.05, 0.1) is 6.61 Å². The van der Waals surface area contributed by atoms with E-state index in [0.717, 1.165) is 77.0 Å². The molecule has 6 atom stereocenters. The van der Waals surface area contributed by atoms with Crippen molar-refractivity contribution in [3.05, 3.63) is 24.3 Å². The lowest BCUT2D eigenvalue weighted by Crippen LogP contribution is -2.68. The third-order valence-electron chi connectivity index (χ3n) is 17.1. The van der Waals surface area contributed by atoms with Crippen molar-refractivity contribution >= 4 is 47.0 Å². The molecule has 0 aromatic heterocycles. The van der Waals surface area contributed by atoms with E-state index < -0.39 is 83.6 Å². The van der Waals surface area contributed by atoms with Crippen molar-refractivity contribution in [2.24, 2.45) is 0 Å². The van der Waals surface area contributed by atoms with Crippen molar-refractivity contribution in [3.8, 4) is 0 Å². The average Bonchev–Trinajstić information content (AvgIpc) is 3.34. The van der Waals surface area contributed by atoms with Gasteiger partial charge in [-0.25, -0.2) is 0 Å². The van der Waals surface area contributed by atoms with Crippen LogP contribution in [0.5, 0.6) is 0 Å². The monoisotopic (exact) mass is 1190 g/mol. The number of rotatable bonds is 44. The Morgan fingerprint density at radius 1 is 0.494 bits per heavy atom. The molecule has 0 aromatic carbocycles. The van der Waals surface area contributed by atoms with Crippen LogP contribution in [-0.2, 0) is 51.9 Å². The zero-order chi connectivity index (χ0) is 59.8. The molecule has 0 amide bonds. The zero-order valence-corrected chi connectivity index (χ0v) is 57.9. The first kappa shape index (κ1) is 75.8.